The van der Waals surface area contributed by atoms with Gasteiger partial charge in [-0.15, -0.1) is 0 Å². The summed E-state index contributed by atoms with van der Waals surface area (Å²) >= 11 is 0. The number of carbonyl (C=O) groups is 1. The highest BCUT2D eigenvalue weighted by atomic mass is 16.3. The van der Waals surface area contributed by atoms with E-state index >= 15 is 0 Å². The van der Waals surface area contributed by atoms with Crippen molar-refractivity contribution in [2.24, 2.45) is 0 Å². The van der Waals surface area contributed by atoms with Gasteiger partial charge in [0.05, 0.1) is 0 Å². The van der Waals surface area contributed by atoms with E-state index in [2.05, 4.69) is 16.7 Å². The number of carbonyl (C=O) groups excluding carboxylic acids is 1. The average Bonchev–Trinajstić information content (AvgIpc) is 3.21. The molecule has 4 nitrogen and oxygen atoms in total. The molecule has 0 aliphatic heterocycles. The van der Waals surface area contributed by atoms with Crippen molar-refractivity contribution in [3.8, 4) is 0 Å². The molecule has 1 aliphatic rings. The number of fused-ring (bicyclic) bond motifs is 1. The van der Waals surface area contributed by atoms with Gasteiger partial charge in [0.15, 0.2) is 0 Å². The predicted octanol–water partition coefficient (Wildman–Crippen LogP) is 2.89. The smallest absolute Gasteiger partial charge is 0.220 e. The Morgan fingerprint density at radius 3 is 2.95 bits per heavy atom. The van der Waals surface area contributed by atoms with Crippen LogP contribution in [-0.2, 0) is 11.3 Å². The van der Waals surface area contributed by atoms with Gasteiger partial charge in [0, 0.05) is 30.0 Å². The second-order valence-electron chi connectivity index (χ2n) is 5.76. The molecule has 0 radical (unpaired) electrons. The van der Waals surface area contributed by atoms with Gasteiger partial charge in [-0.25, -0.2) is 0 Å². The second kappa shape index (κ2) is 6.31. The van der Waals surface area contributed by atoms with Gasteiger partial charge < -0.3 is 15.1 Å². The summed E-state index contributed by atoms with van der Waals surface area (Å²) in [6, 6.07) is 8.56. The number of para-hydroxylation sites is 1. The maximum Gasteiger partial charge on any atom is 0.220 e. The first-order chi connectivity index (χ1) is 10.2. The van der Waals surface area contributed by atoms with Crippen LogP contribution in [0.4, 0.5) is 0 Å². The Morgan fingerprint density at radius 2 is 2.14 bits per heavy atom. The fourth-order valence-corrected chi connectivity index (χ4v) is 2.56. The molecule has 2 aromatic rings. The SMILES string of the molecule is Cc1oc2ccccc2c1CNCCCC(=O)NC1CC1. The molecular weight excluding hydrogens is 264 g/mol. The predicted molar refractivity (Wildman–Crippen MR) is 83.1 cm³/mol. The van der Waals surface area contributed by atoms with Crippen LogP contribution in [0.3, 0.4) is 0 Å². The van der Waals surface area contributed by atoms with Crippen molar-refractivity contribution >= 4 is 16.9 Å². The lowest BCUT2D eigenvalue weighted by atomic mass is 10.1. The molecule has 1 aliphatic carbocycles. The molecule has 0 spiro atoms. The van der Waals surface area contributed by atoms with E-state index in [0.717, 1.165) is 43.7 Å². The number of benzene rings is 1. The molecule has 1 aromatic carbocycles. The van der Waals surface area contributed by atoms with E-state index in [1.165, 1.54) is 10.9 Å². The number of amides is 1. The fraction of sp³-hybridized carbons (Fsp3) is 0.471. The molecule has 1 heterocycles. The molecule has 21 heavy (non-hydrogen) atoms. The molecule has 2 N–H and O–H groups in total. The van der Waals surface area contributed by atoms with E-state index in [0.29, 0.717) is 12.5 Å². The summed E-state index contributed by atoms with van der Waals surface area (Å²) in [7, 11) is 0. The molecule has 112 valence electrons. The molecular formula is C17H22N2O2. The Hall–Kier alpha value is -1.81. The zero-order chi connectivity index (χ0) is 14.7. The highest BCUT2D eigenvalue weighted by Gasteiger charge is 2.22. The normalized spacial score (nSPS) is 14.5. The number of furan rings is 1. The van der Waals surface area contributed by atoms with Crippen molar-refractivity contribution in [2.45, 2.75) is 45.2 Å². The van der Waals surface area contributed by atoms with Crippen molar-refractivity contribution < 1.29 is 9.21 Å². The summed E-state index contributed by atoms with van der Waals surface area (Å²) in [5.74, 6) is 1.15. The Bertz CT molecular complexity index is 629. The van der Waals surface area contributed by atoms with Gasteiger partial charge in [-0.2, -0.15) is 0 Å². The maximum atomic E-state index is 11.6. The lowest BCUT2D eigenvalue weighted by Crippen LogP contribution is -2.26. The third-order valence-electron chi connectivity index (χ3n) is 3.90. The maximum absolute atomic E-state index is 11.6. The first-order valence-corrected chi connectivity index (χ1v) is 7.71. The minimum absolute atomic E-state index is 0.184. The Kier molecular flexibility index (Phi) is 4.25. The van der Waals surface area contributed by atoms with Crippen LogP contribution in [-0.4, -0.2) is 18.5 Å². The highest BCUT2D eigenvalue weighted by Crippen LogP contribution is 2.24. The topological polar surface area (TPSA) is 54.3 Å². The van der Waals surface area contributed by atoms with Gasteiger partial charge in [0.1, 0.15) is 11.3 Å². The van der Waals surface area contributed by atoms with E-state index in [9.17, 15) is 4.79 Å². The number of aryl methyl sites for hydroxylation is 1. The zero-order valence-electron chi connectivity index (χ0n) is 12.4. The van der Waals surface area contributed by atoms with Crippen LogP contribution >= 0.6 is 0 Å². The number of rotatable bonds is 7. The fourth-order valence-electron chi connectivity index (χ4n) is 2.56. The Labute approximate surface area is 124 Å². The van der Waals surface area contributed by atoms with Gasteiger partial charge in [0.2, 0.25) is 5.91 Å². The molecule has 1 saturated carbocycles. The largest absolute Gasteiger partial charge is 0.461 e. The molecule has 0 saturated heterocycles. The van der Waals surface area contributed by atoms with E-state index in [1.54, 1.807) is 0 Å². The first-order valence-electron chi connectivity index (χ1n) is 7.71. The summed E-state index contributed by atoms with van der Waals surface area (Å²) in [6.07, 6.45) is 3.77. The van der Waals surface area contributed by atoms with Crippen molar-refractivity contribution in [3.05, 3.63) is 35.6 Å². The molecule has 1 fully saturated rings. The molecule has 0 atom stereocenters. The Morgan fingerprint density at radius 1 is 1.33 bits per heavy atom. The van der Waals surface area contributed by atoms with Crippen molar-refractivity contribution in [2.75, 3.05) is 6.54 Å². The summed E-state index contributed by atoms with van der Waals surface area (Å²) in [5, 5.41) is 7.59. The quantitative estimate of drug-likeness (QED) is 0.770. The number of hydrogen-bond acceptors (Lipinski definition) is 3. The molecule has 1 amide bonds. The van der Waals surface area contributed by atoms with Gasteiger partial charge in [-0.1, -0.05) is 18.2 Å². The van der Waals surface area contributed by atoms with E-state index in [4.69, 9.17) is 4.42 Å². The van der Waals surface area contributed by atoms with Crippen molar-refractivity contribution in [1.29, 1.82) is 0 Å². The lowest BCUT2D eigenvalue weighted by molar-refractivity contribution is -0.121. The monoisotopic (exact) mass is 286 g/mol. The van der Waals surface area contributed by atoms with Crippen LogP contribution in [0.25, 0.3) is 11.0 Å². The van der Waals surface area contributed by atoms with Crippen LogP contribution in [0.2, 0.25) is 0 Å². The Balaban J connectivity index is 1.44. The van der Waals surface area contributed by atoms with E-state index in [-0.39, 0.29) is 5.91 Å². The minimum atomic E-state index is 0.184. The van der Waals surface area contributed by atoms with Gasteiger partial charge in [-0.05, 0) is 38.8 Å². The summed E-state index contributed by atoms with van der Waals surface area (Å²) < 4.78 is 5.74. The lowest BCUT2D eigenvalue weighted by Gasteiger charge is -2.05. The summed E-state index contributed by atoms with van der Waals surface area (Å²) in [5.41, 5.74) is 2.16. The number of hydrogen-bond donors (Lipinski definition) is 2. The van der Waals surface area contributed by atoms with Gasteiger partial charge in [-0.3, -0.25) is 4.79 Å². The standard InChI is InChI=1S/C17H22N2O2/c1-12-15(14-5-2-3-6-16(14)21-12)11-18-10-4-7-17(20)19-13-8-9-13/h2-3,5-6,13,18H,4,7-11H2,1H3,(H,19,20). The minimum Gasteiger partial charge on any atom is -0.461 e. The summed E-state index contributed by atoms with van der Waals surface area (Å²) in [6.45, 7) is 3.63. The van der Waals surface area contributed by atoms with Crippen LogP contribution in [0, 0.1) is 6.92 Å². The van der Waals surface area contributed by atoms with Gasteiger partial charge >= 0.3 is 0 Å². The van der Waals surface area contributed by atoms with E-state index in [1.807, 2.05) is 25.1 Å². The van der Waals surface area contributed by atoms with E-state index < -0.39 is 0 Å². The average molecular weight is 286 g/mol. The molecule has 0 unspecified atom stereocenters. The highest BCUT2D eigenvalue weighted by molar-refractivity contribution is 5.82. The molecule has 4 heteroatoms. The van der Waals surface area contributed by atoms with Crippen LogP contribution in [0.1, 0.15) is 37.0 Å². The number of nitrogens with one attached hydrogen (secondary N) is 2. The molecule has 1 aromatic heterocycles. The molecule has 3 rings (SSSR count). The summed E-state index contributed by atoms with van der Waals surface area (Å²) in [4.78, 5) is 11.6. The van der Waals surface area contributed by atoms with Crippen LogP contribution < -0.4 is 10.6 Å². The van der Waals surface area contributed by atoms with Crippen molar-refractivity contribution in [1.82, 2.24) is 10.6 Å². The van der Waals surface area contributed by atoms with Crippen LogP contribution in [0.5, 0.6) is 0 Å². The third-order valence-corrected chi connectivity index (χ3v) is 3.90. The zero-order valence-corrected chi connectivity index (χ0v) is 12.4. The third kappa shape index (κ3) is 3.64. The van der Waals surface area contributed by atoms with Crippen molar-refractivity contribution in [3.63, 3.8) is 0 Å². The van der Waals surface area contributed by atoms with Crippen LogP contribution in [0.15, 0.2) is 28.7 Å². The van der Waals surface area contributed by atoms with Gasteiger partial charge in [0.25, 0.3) is 0 Å². The molecule has 0 bridgehead atoms. The first kappa shape index (κ1) is 14.1. The second-order valence-corrected chi connectivity index (χ2v) is 5.76.